The average molecular weight is 283 g/mol. The molecule has 0 saturated carbocycles. The van der Waals surface area contributed by atoms with Crippen molar-refractivity contribution in [1.29, 1.82) is 0 Å². The molecule has 1 rings (SSSR count). The zero-order valence-electron chi connectivity index (χ0n) is 4.94. The smallest absolute Gasteiger partial charge is 0.0605 e. The Kier molecular flexibility index (Phi) is 2.66. The second-order valence-corrected chi connectivity index (χ2v) is 3.95. The van der Waals surface area contributed by atoms with Gasteiger partial charge < -0.3 is 5.73 Å². The van der Waals surface area contributed by atoms with Gasteiger partial charge in [0, 0.05) is 13.8 Å². The summed E-state index contributed by atoms with van der Waals surface area (Å²) < 4.78 is 1.79. The summed E-state index contributed by atoms with van der Waals surface area (Å²) in [7, 11) is 0. The summed E-state index contributed by atoms with van der Waals surface area (Å²) >= 11 is 10.8. The third-order valence-electron chi connectivity index (χ3n) is 1.11. The third kappa shape index (κ3) is 1.49. The van der Waals surface area contributed by atoms with Gasteiger partial charge in [0.1, 0.15) is 0 Å². The van der Waals surface area contributed by atoms with Crippen molar-refractivity contribution in [3.63, 3.8) is 0 Å². The fraction of sp³-hybridized carbons (Fsp3) is 0. The number of hydrogen-bond acceptors (Lipinski definition) is 2. The first-order valence-electron chi connectivity index (χ1n) is 2.55. The maximum absolute atomic E-state index is 5.63. The number of halogens is 2. The molecule has 2 N–H and O–H groups in total. The summed E-state index contributed by atoms with van der Waals surface area (Å²) in [5.74, 6) is 0. The molecule has 0 aliphatic heterocycles. The van der Waals surface area contributed by atoms with Gasteiger partial charge in [-0.1, -0.05) is 0 Å². The zero-order chi connectivity index (χ0) is 7.72. The molecule has 10 heavy (non-hydrogen) atoms. The molecule has 0 fully saturated rings. The molecule has 1 nitrogen and oxygen atoms in total. The highest BCUT2D eigenvalue weighted by Gasteiger charge is 2.02. The first-order valence-corrected chi connectivity index (χ1v) is 4.58. The van der Waals surface area contributed by atoms with Crippen LogP contribution in [0.1, 0.15) is 0 Å². The lowest BCUT2D eigenvalue weighted by atomic mass is 10.3. The lowest BCUT2D eigenvalue weighted by Crippen LogP contribution is -1.88. The van der Waals surface area contributed by atoms with Gasteiger partial charge in [-0.2, -0.15) is 0 Å². The second-order valence-electron chi connectivity index (χ2n) is 1.79. The van der Waals surface area contributed by atoms with Crippen molar-refractivity contribution >= 4 is 50.2 Å². The molecule has 0 aromatic heterocycles. The SMILES string of the molecule is Nc1c(Br)ccc(Br)c1S. The van der Waals surface area contributed by atoms with E-state index >= 15 is 0 Å². The van der Waals surface area contributed by atoms with E-state index in [9.17, 15) is 0 Å². The number of anilines is 1. The Hall–Kier alpha value is 0.330. The Morgan fingerprint density at radius 2 is 1.70 bits per heavy atom. The number of nitrogens with two attached hydrogens (primary N) is 1. The molecule has 0 saturated heterocycles. The van der Waals surface area contributed by atoms with Crippen LogP contribution in [-0.2, 0) is 0 Å². The molecule has 0 amide bonds. The van der Waals surface area contributed by atoms with Gasteiger partial charge >= 0.3 is 0 Å². The number of thiol groups is 1. The molecule has 1 aromatic carbocycles. The summed E-state index contributed by atoms with van der Waals surface area (Å²) in [4.78, 5) is 0.773. The van der Waals surface area contributed by atoms with Crippen LogP contribution in [-0.4, -0.2) is 0 Å². The third-order valence-corrected chi connectivity index (χ3v) is 3.26. The Morgan fingerprint density at radius 3 is 2.20 bits per heavy atom. The van der Waals surface area contributed by atoms with Crippen molar-refractivity contribution in [3.8, 4) is 0 Å². The minimum absolute atomic E-state index is 0.665. The predicted molar refractivity (Wildman–Crippen MR) is 53.5 cm³/mol. The van der Waals surface area contributed by atoms with Crippen molar-refractivity contribution < 1.29 is 0 Å². The highest BCUT2D eigenvalue weighted by atomic mass is 79.9. The molecule has 0 aliphatic rings. The van der Waals surface area contributed by atoms with Gasteiger partial charge in [-0.05, 0) is 44.0 Å². The monoisotopic (exact) mass is 281 g/mol. The molecule has 0 radical (unpaired) electrons. The van der Waals surface area contributed by atoms with Crippen LogP contribution >= 0.6 is 44.5 Å². The fourth-order valence-corrected chi connectivity index (χ4v) is 1.58. The second kappa shape index (κ2) is 3.15. The standard InChI is InChI=1S/C6H5Br2NS/c7-3-1-2-4(8)6(10)5(3)9/h1-2,10H,9H2. The average Bonchev–Trinajstić information content (AvgIpc) is 1.93. The maximum Gasteiger partial charge on any atom is 0.0605 e. The molecule has 54 valence electrons. The number of nitrogen functional groups attached to an aromatic ring is 1. The molecule has 0 spiro atoms. The lowest BCUT2D eigenvalue weighted by molar-refractivity contribution is 1.40. The zero-order valence-corrected chi connectivity index (χ0v) is 9.00. The minimum Gasteiger partial charge on any atom is -0.397 e. The van der Waals surface area contributed by atoms with E-state index in [1.54, 1.807) is 0 Å². The van der Waals surface area contributed by atoms with Crippen LogP contribution in [0.2, 0.25) is 0 Å². The van der Waals surface area contributed by atoms with Gasteiger partial charge in [-0.15, -0.1) is 12.6 Å². The quantitative estimate of drug-likeness (QED) is 0.555. The number of hydrogen-bond donors (Lipinski definition) is 2. The number of rotatable bonds is 0. The van der Waals surface area contributed by atoms with Gasteiger partial charge in [0.05, 0.1) is 5.69 Å². The first kappa shape index (κ1) is 8.43. The van der Waals surface area contributed by atoms with E-state index in [2.05, 4.69) is 44.5 Å². The van der Waals surface area contributed by atoms with Gasteiger partial charge in [0.2, 0.25) is 0 Å². The molecule has 0 heterocycles. The van der Waals surface area contributed by atoms with E-state index in [-0.39, 0.29) is 0 Å². The van der Waals surface area contributed by atoms with Crippen LogP contribution in [0, 0.1) is 0 Å². The topological polar surface area (TPSA) is 26.0 Å². The van der Waals surface area contributed by atoms with Crippen molar-refractivity contribution in [2.24, 2.45) is 0 Å². The van der Waals surface area contributed by atoms with Crippen LogP contribution in [0.25, 0.3) is 0 Å². The van der Waals surface area contributed by atoms with Crippen molar-refractivity contribution in [1.82, 2.24) is 0 Å². The summed E-state index contributed by atoms with van der Waals surface area (Å²) in [5.41, 5.74) is 6.29. The molecular weight excluding hydrogens is 278 g/mol. The Morgan fingerprint density at radius 1 is 1.20 bits per heavy atom. The molecule has 1 aromatic rings. The van der Waals surface area contributed by atoms with Crippen LogP contribution in [0.4, 0.5) is 5.69 Å². The van der Waals surface area contributed by atoms with Crippen LogP contribution in [0.3, 0.4) is 0 Å². The first-order chi connectivity index (χ1) is 4.63. The van der Waals surface area contributed by atoms with E-state index in [0.29, 0.717) is 5.69 Å². The summed E-state index contributed by atoms with van der Waals surface area (Å²) in [5, 5.41) is 0. The molecule has 4 heteroatoms. The van der Waals surface area contributed by atoms with Gasteiger partial charge in [0.15, 0.2) is 0 Å². The fourth-order valence-electron chi connectivity index (χ4n) is 0.557. The minimum atomic E-state index is 0.665. The maximum atomic E-state index is 5.63. The summed E-state index contributed by atoms with van der Waals surface area (Å²) in [6.07, 6.45) is 0. The van der Waals surface area contributed by atoms with Crippen molar-refractivity contribution in [2.75, 3.05) is 5.73 Å². The van der Waals surface area contributed by atoms with Crippen LogP contribution < -0.4 is 5.73 Å². The van der Waals surface area contributed by atoms with E-state index < -0.39 is 0 Å². The van der Waals surface area contributed by atoms with Crippen molar-refractivity contribution in [3.05, 3.63) is 21.1 Å². The lowest BCUT2D eigenvalue weighted by Gasteiger charge is -2.02. The van der Waals surface area contributed by atoms with Gasteiger partial charge in [-0.25, -0.2) is 0 Å². The van der Waals surface area contributed by atoms with E-state index in [1.165, 1.54) is 0 Å². The Balaban J connectivity index is 3.34. The van der Waals surface area contributed by atoms with Gasteiger partial charge in [-0.3, -0.25) is 0 Å². The normalized spacial score (nSPS) is 9.90. The Labute approximate surface area is 81.7 Å². The molecule has 0 aliphatic carbocycles. The summed E-state index contributed by atoms with van der Waals surface area (Å²) in [6, 6.07) is 3.77. The molecule has 0 atom stereocenters. The highest BCUT2D eigenvalue weighted by molar-refractivity contribution is 9.11. The van der Waals surface area contributed by atoms with E-state index in [0.717, 1.165) is 13.8 Å². The van der Waals surface area contributed by atoms with Crippen LogP contribution in [0.5, 0.6) is 0 Å². The number of benzene rings is 1. The largest absolute Gasteiger partial charge is 0.397 e. The predicted octanol–water partition coefficient (Wildman–Crippen LogP) is 3.08. The van der Waals surface area contributed by atoms with Crippen molar-refractivity contribution in [2.45, 2.75) is 4.90 Å². The highest BCUT2D eigenvalue weighted by Crippen LogP contribution is 2.32. The molecule has 0 unspecified atom stereocenters. The van der Waals surface area contributed by atoms with Crippen LogP contribution in [0.15, 0.2) is 26.0 Å². The molecular formula is C6H5Br2NS. The summed E-state index contributed by atoms with van der Waals surface area (Å²) in [6.45, 7) is 0. The van der Waals surface area contributed by atoms with E-state index in [1.807, 2.05) is 12.1 Å². The Bertz CT molecular complexity index is 235. The van der Waals surface area contributed by atoms with Gasteiger partial charge in [0.25, 0.3) is 0 Å². The molecule has 0 bridgehead atoms. The van der Waals surface area contributed by atoms with E-state index in [4.69, 9.17) is 5.73 Å².